The first-order valence-corrected chi connectivity index (χ1v) is 6.96. The van der Waals surface area contributed by atoms with Crippen molar-refractivity contribution in [2.24, 2.45) is 7.05 Å². The lowest BCUT2D eigenvalue weighted by atomic mass is 10.2. The molecule has 110 valence electrons. The molecule has 2 atom stereocenters. The van der Waals surface area contributed by atoms with E-state index in [2.05, 4.69) is 15.5 Å². The van der Waals surface area contributed by atoms with Crippen molar-refractivity contribution in [2.75, 3.05) is 6.54 Å². The first-order valence-electron chi connectivity index (χ1n) is 6.96. The molecule has 7 heteroatoms. The number of likely N-dealkylation sites (tertiary alicyclic amines) is 1. The highest BCUT2D eigenvalue weighted by Gasteiger charge is 2.40. The van der Waals surface area contributed by atoms with Crippen LogP contribution in [0.4, 0.5) is 0 Å². The van der Waals surface area contributed by atoms with Gasteiger partial charge in [0.2, 0.25) is 11.8 Å². The third-order valence-electron chi connectivity index (χ3n) is 3.76. The van der Waals surface area contributed by atoms with Crippen LogP contribution in [0, 0.1) is 0 Å². The highest BCUT2D eigenvalue weighted by molar-refractivity contribution is 6.05. The number of aromatic nitrogens is 3. The monoisotopic (exact) mass is 279 g/mol. The van der Waals surface area contributed by atoms with E-state index in [1.807, 2.05) is 25.5 Å². The smallest absolute Gasteiger partial charge is 0.247 e. The van der Waals surface area contributed by atoms with Gasteiger partial charge in [-0.2, -0.15) is 0 Å². The molecule has 1 saturated heterocycles. The molecule has 2 rings (SSSR count). The van der Waals surface area contributed by atoms with Crippen LogP contribution >= 0.6 is 0 Å². The van der Waals surface area contributed by atoms with E-state index >= 15 is 0 Å². The summed E-state index contributed by atoms with van der Waals surface area (Å²) in [7, 11) is 1.88. The van der Waals surface area contributed by atoms with Gasteiger partial charge in [-0.1, -0.05) is 6.92 Å². The van der Waals surface area contributed by atoms with Crippen LogP contribution in [0.1, 0.15) is 32.5 Å². The summed E-state index contributed by atoms with van der Waals surface area (Å²) >= 11 is 0. The van der Waals surface area contributed by atoms with Crippen molar-refractivity contribution in [2.45, 2.75) is 45.2 Å². The molecule has 2 unspecified atom stereocenters. The third-order valence-corrected chi connectivity index (χ3v) is 3.76. The molecule has 2 amide bonds. The number of nitrogens with zero attached hydrogens (tertiary/aromatic N) is 4. The molecule has 1 N–H and O–H groups in total. The Morgan fingerprint density at radius 3 is 2.85 bits per heavy atom. The Balaban J connectivity index is 1.87. The van der Waals surface area contributed by atoms with Gasteiger partial charge >= 0.3 is 0 Å². The lowest BCUT2D eigenvalue weighted by molar-refractivity contribution is -0.141. The normalized spacial score (nSPS) is 20.8. The molecule has 1 aliphatic heterocycles. The number of amides is 2. The van der Waals surface area contributed by atoms with Crippen molar-refractivity contribution < 1.29 is 9.59 Å². The summed E-state index contributed by atoms with van der Waals surface area (Å²) < 4.78 is 1.84. The minimum Gasteiger partial charge on any atom is -0.321 e. The van der Waals surface area contributed by atoms with E-state index in [4.69, 9.17) is 0 Å². The highest BCUT2D eigenvalue weighted by atomic mass is 16.2. The number of rotatable bonds is 6. The van der Waals surface area contributed by atoms with Gasteiger partial charge in [-0.15, -0.1) is 10.2 Å². The second-order valence-electron chi connectivity index (χ2n) is 5.18. The second-order valence-corrected chi connectivity index (χ2v) is 5.18. The molecular formula is C13H21N5O2. The van der Waals surface area contributed by atoms with Crippen molar-refractivity contribution in [3.8, 4) is 0 Å². The molecule has 0 aliphatic carbocycles. The van der Waals surface area contributed by atoms with Crippen LogP contribution in [0.3, 0.4) is 0 Å². The van der Waals surface area contributed by atoms with Gasteiger partial charge in [0.25, 0.3) is 0 Å². The van der Waals surface area contributed by atoms with Gasteiger partial charge in [0.15, 0.2) is 0 Å². The first-order chi connectivity index (χ1) is 9.54. The molecule has 2 heterocycles. The summed E-state index contributed by atoms with van der Waals surface area (Å²) in [6.45, 7) is 4.47. The van der Waals surface area contributed by atoms with Gasteiger partial charge in [0.05, 0.1) is 12.5 Å². The SMILES string of the molecule is CCC(C)N1C(=O)CC(NCCc2nncn2C)C1=O. The molecule has 7 nitrogen and oxygen atoms in total. The second kappa shape index (κ2) is 6.13. The van der Waals surface area contributed by atoms with E-state index in [1.165, 1.54) is 4.90 Å². The zero-order valence-electron chi connectivity index (χ0n) is 12.2. The summed E-state index contributed by atoms with van der Waals surface area (Å²) in [5.41, 5.74) is 0. The van der Waals surface area contributed by atoms with Crippen LogP contribution in [-0.2, 0) is 23.1 Å². The molecule has 1 aromatic rings. The lowest BCUT2D eigenvalue weighted by Crippen LogP contribution is -2.43. The average molecular weight is 279 g/mol. The number of hydrogen-bond donors (Lipinski definition) is 1. The average Bonchev–Trinajstić information content (AvgIpc) is 2.94. The van der Waals surface area contributed by atoms with Crippen LogP contribution in [0.2, 0.25) is 0 Å². The van der Waals surface area contributed by atoms with Crippen LogP contribution < -0.4 is 5.32 Å². The molecule has 0 radical (unpaired) electrons. The number of aryl methyl sites for hydroxylation is 1. The van der Waals surface area contributed by atoms with E-state index in [0.29, 0.717) is 13.0 Å². The van der Waals surface area contributed by atoms with Gasteiger partial charge in [0.1, 0.15) is 12.2 Å². The van der Waals surface area contributed by atoms with Crippen molar-refractivity contribution in [3.63, 3.8) is 0 Å². The van der Waals surface area contributed by atoms with E-state index in [-0.39, 0.29) is 24.3 Å². The maximum atomic E-state index is 12.2. The molecule has 1 aromatic heterocycles. The molecular weight excluding hydrogens is 258 g/mol. The fourth-order valence-corrected chi connectivity index (χ4v) is 2.35. The van der Waals surface area contributed by atoms with Crippen LogP contribution in [-0.4, -0.2) is 50.1 Å². The minimum atomic E-state index is -0.398. The van der Waals surface area contributed by atoms with Gasteiger partial charge in [-0.3, -0.25) is 14.5 Å². The topological polar surface area (TPSA) is 80.1 Å². The van der Waals surface area contributed by atoms with Crippen molar-refractivity contribution in [3.05, 3.63) is 12.2 Å². The van der Waals surface area contributed by atoms with E-state index in [1.54, 1.807) is 6.33 Å². The molecule has 0 saturated carbocycles. The predicted octanol–water partition coefficient (Wildman–Crippen LogP) is -0.127. The van der Waals surface area contributed by atoms with Crippen molar-refractivity contribution in [1.82, 2.24) is 25.0 Å². The maximum Gasteiger partial charge on any atom is 0.247 e. The van der Waals surface area contributed by atoms with Gasteiger partial charge in [0, 0.05) is 26.1 Å². The fourth-order valence-electron chi connectivity index (χ4n) is 2.35. The molecule has 0 aromatic carbocycles. The number of imide groups is 1. The Bertz CT molecular complexity index is 499. The first kappa shape index (κ1) is 14.6. The quantitative estimate of drug-likeness (QED) is 0.734. The minimum absolute atomic E-state index is 0.0273. The van der Waals surface area contributed by atoms with Crippen molar-refractivity contribution in [1.29, 1.82) is 0 Å². The van der Waals surface area contributed by atoms with Gasteiger partial charge in [-0.05, 0) is 13.3 Å². The summed E-state index contributed by atoms with van der Waals surface area (Å²) in [6.07, 6.45) is 3.35. The predicted molar refractivity (Wildman–Crippen MR) is 72.7 cm³/mol. The third kappa shape index (κ3) is 2.87. The Kier molecular flexibility index (Phi) is 4.49. The number of nitrogens with one attached hydrogen (secondary N) is 1. The Morgan fingerprint density at radius 2 is 2.25 bits per heavy atom. The Labute approximate surface area is 118 Å². The fraction of sp³-hybridized carbons (Fsp3) is 0.692. The zero-order valence-corrected chi connectivity index (χ0v) is 12.2. The lowest BCUT2D eigenvalue weighted by Gasteiger charge is -2.21. The van der Waals surface area contributed by atoms with E-state index < -0.39 is 6.04 Å². The number of carbonyl (C=O) groups excluding carboxylic acids is 2. The van der Waals surface area contributed by atoms with Gasteiger partial charge in [-0.25, -0.2) is 0 Å². The van der Waals surface area contributed by atoms with Crippen LogP contribution in [0.5, 0.6) is 0 Å². The molecule has 20 heavy (non-hydrogen) atoms. The van der Waals surface area contributed by atoms with Crippen LogP contribution in [0.15, 0.2) is 6.33 Å². The number of carbonyl (C=O) groups is 2. The number of hydrogen-bond acceptors (Lipinski definition) is 5. The summed E-state index contributed by atoms with van der Waals surface area (Å²) in [4.78, 5) is 25.5. The molecule has 0 bridgehead atoms. The summed E-state index contributed by atoms with van der Waals surface area (Å²) in [5, 5.41) is 10.9. The van der Waals surface area contributed by atoms with E-state index in [9.17, 15) is 9.59 Å². The zero-order chi connectivity index (χ0) is 14.7. The largest absolute Gasteiger partial charge is 0.321 e. The summed E-state index contributed by atoms with van der Waals surface area (Å²) in [6, 6.07) is -0.426. The van der Waals surface area contributed by atoms with Crippen molar-refractivity contribution >= 4 is 11.8 Å². The molecule has 0 spiro atoms. The summed E-state index contributed by atoms with van der Waals surface area (Å²) in [5.74, 6) is 0.663. The standard InChI is InChI=1S/C13H21N5O2/c1-4-9(2)18-12(19)7-10(13(18)20)14-6-5-11-16-15-8-17(11)3/h8-10,14H,4-7H2,1-3H3. The Morgan fingerprint density at radius 1 is 1.50 bits per heavy atom. The maximum absolute atomic E-state index is 12.2. The molecule has 1 fully saturated rings. The van der Waals surface area contributed by atoms with E-state index in [0.717, 1.165) is 12.2 Å². The molecule has 1 aliphatic rings. The Hall–Kier alpha value is -1.76. The van der Waals surface area contributed by atoms with Crippen LogP contribution in [0.25, 0.3) is 0 Å². The van der Waals surface area contributed by atoms with Gasteiger partial charge < -0.3 is 9.88 Å². The highest BCUT2D eigenvalue weighted by Crippen LogP contribution is 2.17.